The third-order valence-electron chi connectivity index (χ3n) is 3.59. The standard InChI is InChI=1S/C18H17N3O5S3/c1-12(22)20-14-2-4-16(5-3-14)29(24,25)19-8-17(23)26-9-15-11-28-18(21-15)13-6-7-27-10-13/h2-7,10-11,19H,8-9H2,1H3,(H,20,22). The van der Waals surface area contributed by atoms with Crippen molar-refractivity contribution < 1.29 is 22.7 Å². The summed E-state index contributed by atoms with van der Waals surface area (Å²) >= 11 is 3.01. The van der Waals surface area contributed by atoms with Gasteiger partial charge >= 0.3 is 5.97 Å². The Morgan fingerprint density at radius 3 is 2.55 bits per heavy atom. The van der Waals surface area contributed by atoms with E-state index in [2.05, 4.69) is 15.0 Å². The molecule has 0 unspecified atom stereocenters. The van der Waals surface area contributed by atoms with Crippen LogP contribution in [0.15, 0.2) is 51.4 Å². The molecule has 2 aromatic heterocycles. The van der Waals surface area contributed by atoms with Gasteiger partial charge in [0.25, 0.3) is 0 Å². The van der Waals surface area contributed by atoms with Gasteiger partial charge in [0.05, 0.1) is 10.6 Å². The minimum atomic E-state index is -3.88. The number of nitrogens with zero attached hydrogens (tertiary/aromatic N) is 1. The summed E-state index contributed by atoms with van der Waals surface area (Å²) in [5, 5.41) is 9.10. The second-order valence-corrected chi connectivity index (χ2v) is 9.25. The van der Waals surface area contributed by atoms with E-state index in [0.717, 1.165) is 10.6 Å². The number of hydrogen-bond acceptors (Lipinski definition) is 8. The van der Waals surface area contributed by atoms with Crippen LogP contribution in [0.3, 0.4) is 0 Å². The lowest BCUT2D eigenvalue weighted by molar-refractivity contribution is -0.143. The van der Waals surface area contributed by atoms with Crippen LogP contribution in [0.1, 0.15) is 12.6 Å². The molecule has 0 atom stereocenters. The van der Waals surface area contributed by atoms with Crippen LogP contribution < -0.4 is 10.0 Å². The fourth-order valence-corrected chi connectivity index (χ4v) is 4.74. The van der Waals surface area contributed by atoms with Crippen molar-refractivity contribution in [3.8, 4) is 10.6 Å². The summed E-state index contributed by atoms with van der Waals surface area (Å²) in [6.45, 7) is 0.816. The summed E-state index contributed by atoms with van der Waals surface area (Å²) in [7, 11) is -3.88. The van der Waals surface area contributed by atoms with Gasteiger partial charge in [0, 0.05) is 28.9 Å². The molecule has 0 aliphatic heterocycles. The highest BCUT2D eigenvalue weighted by atomic mass is 32.2. The Hall–Kier alpha value is -2.60. The van der Waals surface area contributed by atoms with Crippen LogP contribution in [-0.4, -0.2) is 31.8 Å². The molecule has 1 amide bonds. The molecule has 0 spiro atoms. The average molecular weight is 452 g/mol. The molecule has 152 valence electrons. The van der Waals surface area contributed by atoms with Gasteiger partial charge in [0.2, 0.25) is 15.9 Å². The topological polar surface area (TPSA) is 114 Å². The van der Waals surface area contributed by atoms with Gasteiger partial charge in [-0.1, -0.05) is 0 Å². The first-order chi connectivity index (χ1) is 13.8. The van der Waals surface area contributed by atoms with Crippen LogP contribution in [-0.2, 0) is 31.0 Å². The van der Waals surface area contributed by atoms with Crippen molar-refractivity contribution in [2.75, 3.05) is 11.9 Å². The zero-order valence-electron chi connectivity index (χ0n) is 15.2. The summed E-state index contributed by atoms with van der Waals surface area (Å²) in [4.78, 5) is 27.2. The summed E-state index contributed by atoms with van der Waals surface area (Å²) in [5.74, 6) is -0.974. The van der Waals surface area contributed by atoms with Gasteiger partial charge in [-0.2, -0.15) is 16.1 Å². The van der Waals surface area contributed by atoms with Crippen molar-refractivity contribution >= 4 is 50.3 Å². The number of carbonyl (C=O) groups is 2. The number of thiazole rings is 1. The number of carbonyl (C=O) groups excluding carboxylic acids is 2. The van der Waals surface area contributed by atoms with Crippen LogP contribution in [0.25, 0.3) is 10.6 Å². The summed E-state index contributed by atoms with van der Waals surface area (Å²) in [5.41, 5.74) is 2.08. The Kier molecular flexibility index (Phi) is 6.75. The van der Waals surface area contributed by atoms with E-state index >= 15 is 0 Å². The molecule has 0 fully saturated rings. The van der Waals surface area contributed by atoms with Gasteiger partial charge in [-0.3, -0.25) is 9.59 Å². The summed E-state index contributed by atoms with van der Waals surface area (Å²) in [6, 6.07) is 7.54. The second-order valence-electron chi connectivity index (χ2n) is 5.85. The van der Waals surface area contributed by atoms with E-state index in [4.69, 9.17) is 4.74 Å². The maximum atomic E-state index is 12.3. The highest BCUT2D eigenvalue weighted by Gasteiger charge is 2.16. The van der Waals surface area contributed by atoms with Crippen molar-refractivity contribution in [3.05, 3.63) is 52.2 Å². The molecule has 3 rings (SSSR count). The van der Waals surface area contributed by atoms with Crippen LogP contribution >= 0.6 is 22.7 Å². The molecule has 0 aliphatic carbocycles. The van der Waals surface area contributed by atoms with Crippen LogP contribution in [0, 0.1) is 0 Å². The number of thiophene rings is 1. The third kappa shape index (κ3) is 5.94. The van der Waals surface area contributed by atoms with Crippen molar-refractivity contribution in [2.24, 2.45) is 0 Å². The monoisotopic (exact) mass is 451 g/mol. The van der Waals surface area contributed by atoms with E-state index in [1.165, 1.54) is 42.5 Å². The largest absolute Gasteiger partial charge is 0.458 e. The quantitative estimate of drug-likeness (QED) is 0.509. The normalized spacial score (nSPS) is 11.2. The van der Waals surface area contributed by atoms with E-state index in [-0.39, 0.29) is 17.4 Å². The molecule has 0 radical (unpaired) electrons. The molecule has 0 bridgehead atoms. The zero-order valence-corrected chi connectivity index (χ0v) is 17.7. The molecular weight excluding hydrogens is 434 g/mol. The van der Waals surface area contributed by atoms with Gasteiger partial charge in [0.15, 0.2) is 0 Å². The van der Waals surface area contributed by atoms with Crippen molar-refractivity contribution in [1.29, 1.82) is 0 Å². The fraction of sp³-hybridized carbons (Fsp3) is 0.167. The number of benzene rings is 1. The number of nitrogens with one attached hydrogen (secondary N) is 2. The molecule has 29 heavy (non-hydrogen) atoms. The van der Waals surface area contributed by atoms with Gasteiger partial charge in [-0.05, 0) is 35.7 Å². The van der Waals surface area contributed by atoms with Crippen molar-refractivity contribution in [1.82, 2.24) is 9.71 Å². The SMILES string of the molecule is CC(=O)Nc1ccc(S(=O)(=O)NCC(=O)OCc2csc(-c3ccsc3)n2)cc1. The number of amides is 1. The number of hydrogen-bond donors (Lipinski definition) is 2. The van der Waals surface area contributed by atoms with E-state index in [1.54, 1.807) is 16.7 Å². The molecule has 0 saturated carbocycles. The number of ether oxygens (including phenoxy) is 1. The van der Waals surface area contributed by atoms with E-state index in [9.17, 15) is 18.0 Å². The summed E-state index contributed by atoms with van der Waals surface area (Å²) < 4.78 is 31.8. The van der Waals surface area contributed by atoms with Gasteiger partial charge < -0.3 is 10.1 Å². The van der Waals surface area contributed by atoms with Gasteiger partial charge in [0.1, 0.15) is 18.2 Å². The number of esters is 1. The van der Waals surface area contributed by atoms with E-state index in [0.29, 0.717) is 11.4 Å². The number of aromatic nitrogens is 1. The predicted molar refractivity (Wildman–Crippen MR) is 111 cm³/mol. The van der Waals surface area contributed by atoms with Crippen molar-refractivity contribution in [2.45, 2.75) is 18.4 Å². The van der Waals surface area contributed by atoms with Crippen LogP contribution in [0.4, 0.5) is 5.69 Å². The highest BCUT2D eigenvalue weighted by molar-refractivity contribution is 7.89. The molecule has 0 saturated heterocycles. The Morgan fingerprint density at radius 2 is 1.90 bits per heavy atom. The molecule has 11 heteroatoms. The van der Waals surface area contributed by atoms with Crippen LogP contribution in [0.5, 0.6) is 0 Å². The lowest BCUT2D eigenvalue weighted by Crippen LogP contribution is -2.30. The minimum absolute atomic E-state index is 0.0284. The molecule has 1 aromatic carbocycles. The van der Waals surface area contributed by atoms with E-state index in [1.807, 2.05) is 16.8 Å². The molecular formula is C18H17N3O5S3. The highest BCUT2D eigenvalue weighted by Crippen LogP contribution is 2.25. The third-order valence-corrected chi connectivity index (χ3v) is 6.63. The lowest BCUT2D eigenvalue weighted by Gasteiger charge is -2.08. The molecule has 2 N–H and O–H groups in total. The predicted octanol–water partition coefficient (Wildman–Crippen LogP) is 2.85. The summed E-state index contributed by atoms with van der Waals surface area (Å²) in [6.07, 6.45) is 0. The first-order valence-electron chi connectivity index (χ1n) is 8.33. The van der Waals surface area contributed by atoms with E-state index < -0.39 is 22.5 Å². The minimum Gasteiger partial charge on any atom is -0.458 e. The Morgan fingerprint density at radius 1 is 1.14 bits per heavy atom. The Labute approximate surface area is 175 Å². The lowest BCUT2D eigenvalue weighted by atomic mass is 10.3. The van der Waals surface area contributed by atoms with Gasteiger partial charge in [-0.25, -0.2) is 13.4 Å². The van der Waals surface area contributed by atoms with Gasteiger partial charge in [-0.15, -0.1) is 11.3 Å². The second kappa shape index (κ2) is 9.27. The first kappa shape index (κ1) is 21.1. The maximum Gasteiger partial charge on any atom is 0.321 e. The molecule has 8 nitrogen and oxygen atoms in total. The molecule has 3 aromatic rings. The number of anilines is 1. The first-order valence-corrected chi connectivity index (χ1v) is 11.6. The fourth-order valence-electron chi connectivity index (χ4n) is 2.26. The van der Waals surface area contributed by atoms with Crippen molar-refractivity contribution in [3.63, 3.8) is 0 Å². The molecule has 2 heterocycles. The Balaban J connectivity index is 1.50. The smallest absolute Gasteiger partial charge is 0.321 e. The maximum absolute atomic E-state index is 12.3. The number of sulfonamides is 1. The number of rotatable bonds is 8. The molecule has 0 aliphatic rings. The zero-order chi connectivity index (χ0) is 20.9. The Bertz CT molecular complexity index is 1090. The van der Waals surface area contributed by atoms with Crippen LogP contribution in [0.2, 0.25) is 0 Å². The average Bonchev–Trinajstić information content (AvgIpc) is 3.36.